The van der Waals surface area contributed by atoms with Gasteiger partial charge in [-0.3, -0.25) is 4.79 Å². The Morgan fingerprint density at radius 2 is 2.00 bits per heavy atom. The number of benzene rings is 1. The molecular weight excluding hydrogens is 290 g/mol. The lowest BCUT2D eigenvalue weighted by molar-refractivity contribution is 0.237. The number of aromatic amines is 1. The van der Waals surface area contributed by atoms with E-state index in [0.717, 1.165) is 11.1 Å². The van der Waals surface area contributed by atoms with Crippen LogP contribution < -0.4 is 16.2 Å². The summed E-state index contributed by atoms with van der Waals surface area (Å²) in [6, 6.07) is 7.42. The second kappa shape index (κ2) is 7.13. The third-order valence-electron chi connectivity index (χ3n) is 4.02. The molecule has 5 heteroatoms. The van der Waals surface area contributed by atoms with Crippen molar-refractivity contribution >= 4 is 6.03 Å². The number of carbonyl (C=O) groups is 1. The topological polar surface area (TPSA) is 74.0 Å². The molecule has 0 saturated heterocycles. The molecule has 1 unspecified atom stereocenters. The average molecular weight is 313 g/mol. The molecule has 122 valence electrons. The largest absolute Gasteiger partial charge is 0.334 e. The molecule has 0 radical (unpaired) electrons. The minimum absolute atomic E-state index is 0.106. The Bertz CT molecular complexity index is 765. The Morgan fingerprint density at radius 3 is 2.74 bits per heavy atom. The van der Waals surface area contributed by atoms with Crippen LogP contribution in [0.5, 0.6) is 0 Å². The molecule has 1 atom stereocenters. The highest BCUT2D eigenvalue weighted by molar-refractivity contribution is 5.74. The van der Waals surface area contributed by atoms with Crippen LogP contribution in [0.2, 0.25) is 0 Å². The summed E-state index contributed by atoms with van der Waals surface area (Å²) < 4.78 is 0. The van der Waals surface area contributed by atoms with Gasteiger partial charge in [-0.05, 0) is 56.0 Å². The van der Waals surface area contributed by atoms with Gasteiger partial charge in [0, 0.05) is 18.3 Å². The minimum atomic E-state index is -0.292. The smallest absolute Gasteiger partial charge is 0.315 e. The fourth-order valence-corrected chi connectivity index (χ4v) is 2.53. The van der Waals surface area contributed by atoms with Crippen LogP contribution in [0.3, 0.4) is 0 Å². The van der Waals surface area contributed by atoms with Crippen LogP contribution in [0.4, 0.5) is 4.79 Å². The Labute approximate surface area is 136 Å². The summed E-state index contributed by atoms with van der Waals surface area (Å²) in [5, 5.41) is 5.64. The SMILES string of the molecule is Cc1c[nH]c(=O)c(CNC(=O)NC(C)c2cccc(C)c2C)c1. The Kier molecular flexibility index (Phi) is 5.21. The fraction of sp³-hybridized carbons (Fsp3) is 0.333. The van der Waals surface area contributed by atoms with Crippen molar-refractivity contribution in [2.45, 2.75) is 40.3 Å². The minimum Gasteiger partial charge on any atom is -0.334 e. The Hall–Kier alpha value is -2.56. The number of aryl methyl sites for hydroxylation is 2. The molecule has 23 heavy (non-hydrogen) atoms. The first kappa shape index (κ1) is 16.8. The summed E-state index contributed by atoms with van der Waals surface area (Å²) in [5.74, 6) is 0. The summed E-state index contributed by atoms with van der Waals surface area (Å²) >= 11 is 0. The summed E-state index contributed by atoms with van der Waals surface area (Å²) in [6.07, 6.45) is 1.65. The van der Waals surface area contributed by atoms with Crippen LogP contribution in [-0.2, 0) is 6.54 Å². The third kappa shape index (κ3) is 4.22. The van der Waals surface area contributed by atoms with Crippen molar-refractivity contribution < 1.29 is 4.79 Å². The zero-order valence-corrected chi connectivity index (χ0v) is 14.0. The molecule has 0 spiro atoms. The summed E-state index contributed by atoms with van der Waals surface area (Å²) in [6.45, 7) is 8.13. The van der Waals surface area contributed by atoms with Crippen LogP contribution in [0.15, 0.2) is 35.3 Å². The maximum absolute atomic E-state index is 12.1. The van der Waals surface area contributed by atoms with Gasteiger partial charge in [0.2, 0.25) is 0 Å². The Balaban J connectivity index is 1.98. The summed E-state index contributed by atoms with van der Waals surface area (Å²) in [5.41, 5.74) is 4.77. The van der Waals surface area contributed by atoms with Gasteiger partial charge in [0.15, 0.2) is 0 Å². The molecule has 0 aliphatic rings. The molecule has 0 aliphatic heterocycles. The number of carbonyl (C=O) groups excluding carboxylic acids is 1. The van der Waals surface area contributed by atoms with Crippen LogP contribution >= 0.6 is 0 Å². The molecule has 2 amide bonds. The predicted molar refractivity (Wildman–Crippen MR) is 91.5 cm³/mol. The maximum Gasteiger partial charge on any atom is 0.315 e. The van der Waals surface area contributed by atoms with Crippen LogP contribution in [0.1, 0.15) is 40.8 Å². The van der Waals surface area contributed by atoms with Crippen LogP contribution in [-0.4, -0.2) is 11.0 Å². The molecule has 0 bridgehead atoms. The molecule has 0 aliphatic carbocycles. The van der Waals surface area contributed by atoms with Gasteiger partial charge in [-0.1, -0.05) is 18.2 Å². The van der Waals surface area contributed by atoms with Crippen molar-refractivity contribution in [3.8, 4) is 0 Å². The van der Waals surface area contributed by atoms with Gasteiger partial charge in [-0.25, -0.2) is 4.79 Å². The van der Waals surface area contributed by atoms with E-state index in [1.165, 1.54) is 11.1 Å². The number of aromatic nitrogens is 1. The van der Waals surface area contributed by atoms with E-state index in [1.807, 2.05) is 32.9 Å². The van der Waals surface area contributed by atoms with E-state index in [9.17, 15) is 9.59 Å². The predicted octanol–water partition coefficient (Wildman–Crippen LogP) is 2.86. The van der Waals surface area contributed by atoms with Gasteiger partial charge in [0.1, 0.15) is 0 Å². The Morgan fingerprint density at radius 1 is 1.26 bits per heavy atom. The molecule has 1 aromatic heterocycles. The maximum atomic E-state index is 12.1. The third-order valence-corrected chi connectivity index (χ3v) is 4.02. The number of hydrogen-bond acceptors (Lipinski definition) is 2. The van der Waals surface area contributed by atoms with Crippen molar-refractivity contribution in [2.24, 2.45) is 0 Å². The second-order valence-corrected chi connectivity index (χ2v) is 5.87. The molecular formula is C18H23N3O2. The number of urea groups is 1. The first-order valence-corrected chi connectivity index (χ1v) is 7.67. The highest BCUT2D eigenvalue weighted by Crippen LogP contribution is 2.19. The second-order valence-electron chi connectivity index (χ2n) is 5.87. The zero-order valence-electron chi connectivity index (χ0n) is 14.0. The number of amides is 2. The van der Waals surface area contributed by atoms with E-state index in [2.05, 4.69) is 28.6 Å². The summed E-state index contributed by atoms with van der Waals surface area (Å²) in [7, 11) is 0. The first-order valence-electron chi connectivity index (χ1n) is 7.67. The van der Waals surface area contributed by atoms with Crippen molar-refractivity contribution in [3.63, 3.8) is 0 Å². The van der Waals surface area contributed by atoms with E-state index in [1.54, 1.807) is 12.3 Å². The monoisotopic (exact) mass is 313 g/mol. The molecule has 2 aromatic rings. The number of hydrogen-bond donors (Lipinski definition) is 3. The molecule has 0 fully saturated rings. The van der Waals surface area contributed by atoms with Crippen LogP contribution in [0, 0.1) is 20.8 Å². The van der Waals surface area contributed by atoms with Crippen molar-refractivity contribution in [1.29, 1.82) is 0 Å². The standard InChI is InChI=1S/C18H23N3O2/c1-11-8-15(17(22)19-9-11)10-20-18(23)21-14(4)16-7-5-6-12(2)13(16)3/h5-9,14H,10H2,1-4H3,(H,19,22)(H2,20,21,23). The van der Waals surface area contributed by atoms with E-state index < -0.39 is 0 Å². The lowest BCUT2D eigenvalue weighted by Crippen LogP contribution is -2.37. The van der Waals surface area contributed by atoms with Gasteiger partial charge in [-0.2, -0.15) is 0 Å². The molecule has 3 N–H and O–H groups in total. The first-order chi connectivity index (χ1) is 10.9. The summed E-state index contributed by atoms with van der Waals surface area (Å²) in [4.78, 5) is 26.4. The lowest BCUT2D eigenvalue weighted by atomic mass is 9.98. The normalized spacial score (nSPS) is 11.8. The molecule has 0 saturated carbocycles. The van der Waals surface area contributed by atoms with E-state index in [-0.39, 0.29) is 24.2 Å². The highest BCUT2D eigenvalue weighted by Gasteiger charge is 2.12. The molecule has 1 aromatic carbocycles. The molecule has 5 nitrogen and oxygen atoms in total. The fourth-order valence-electron chi connectivity index (χ4n) is 2.53. The van der Waals surface area contributed by atoms with Gasteiger partial charge in [-0.15, -0.1) is 0 Å². The zero-order chi connectivity index (χ0) is 17.0. The van der Waals surface area contributed by atoms with Crippen molar-refractivity contribution in [3.05, 3.63) is 68.6 Å². The number of H-pyrrole nitrogens is 1. The van der Waals surface area contributed by atoms with Crippen molar-refractivity contribution in [2.75, 3.05) is 0 Å². The van der Waals surface area contributed by atoms with Gasteiger partial charge >= 0.3 is 6.03 Å². The molecule has 1 heterocycles. The quantitative estimate of drug-likeness (QED) is 0.812. The number of rotatable bonds is 4. The average Bonchev–Trinajstić information content (AvgIpc) is 2.50. The van der Waals surface area contributed by atoms with E-state index in [4.69, 9.17) is 0 Å². The highest BCUT2D eigenvalue weighted by atomic mass is 16.2. The number of nitrogens with one attached hydrogen (secondary N) is 3. The number of pyridine rings is 1. The van der Waals surface area contributed by atoms with Crippen LogP contribution in [0.25, 0.3) is 0 Å². The van der Waals surface area contributed by atoms with Crippen molar-refractivity contribution in [1.82, 2.24) is 15.6 Å². The van der Waals surface area contributed by atoms with Gasteiger partial charge in [0.25, 0.3) is 5.56 Å². The van der Waals surface area contributed by atoms with E-state index in [0.29, 0.717) is 5.56 Å². The van der Waals surface area contributed by atoms with Gasteiger partial charge in [0.05, 0.1) is 6.04 Å². The lowest BCUT2D eigenvalue weighted by Gasteiger charge is -2.18. The van der Waals surface area contributed by atoms with E-state index >= 15 is 0 Å². The van der Waals surface area contributed by atoms with Gasteiger partial charge < -0.3 is 15.6 Å². The molecule has 2 rings (SSSR count).